The van der Waals surface area contributed by atoms with E-state index in [1.165, 1.54) is 12.3 Å². The van der Waals surface area contributed by atoms with Crippen LogP contribution in [0.15, 0.2) is 71.9 Å². The van der Waals surface area contributed by atoms with Crippen LogP contribution in [0.2, 0.25) is 0 Å². The zero-order valence-corrected chi connectivity index (χ0v) is 18.3. The molecule has 1 N–H and O–H groups in total. The Morgan fingerprint density at radius 2 is 1.56 bits per heavy atom. The topological polar surface area (TPSA) is 88.8 Å². The minimum absolute atomic E-state index is 0.252. The minimum Gasteiger partial charge on any atom is -0.324 e. The summed E-state index contributed by atoms with van der Waals surface area (Å²) in [5, 5.41) is 2.82. The molecule has 0 atom stereocenters. The second-order valence-corrected chi connectivity index (χ2v) is 7.30. The van der Waals surface area contributed by atoms with Crippen molar-refractivity contribution in [1.82, 2.24) is 24.9 Å². The highest BCUT2D eigenvalue weighted by Crippen LogP contribution is 2.30. The number of aromatic nitrogens is 5. The van der Waals surface area contributed by atoms with Crippen molar-refractivity contribution in [1.29, 1.82) is 0 Å². The van der Waals surface area contributed by atoms with Crippen LogP contribution in [0, 0.1) is 0 Å². The Morgan fingerprint density at radius 3 is 2.25 bits per heavy atom. The van der Waals surface area contributed by atoms with Crippen LogP contribution in [-0.2, 0) is 6.18 Å². The molecule has 0 amide bonds. The summed E-state index contributed by atoms with van der Waals surface area (Å²) in [6.07, 6.45) is -8.01. The van der Waals surface area contributed by atoms with Gasteiger partial charge in [0.15, 0.2) is 5.82 Å². The molecule has 0 saturated carbocycles. The molecule has 13 heteroatoms. The molecule has 184 valence electrons. The number of alkyl halides is 6. The van der Waals surface area contributed by atoms with Gasteiger partial charge in [0.05, 0.1) is 5.69 Å². The van der Waals surface area contributed by atoms with E-state index >= 15 is 0 Å². The van der Waals surface area contributed by atoms with E-state index in [2.05, 4.69) is 35.2 Å². The molecule has 0 saturated heterocycles. The molecule has 0 aliphatic rings. The number of benzene rings is 1. The standard InChI is InChI=1S/C23H15F6N7/c1-13(22(24,25)26)31-20-34-19(16-8-5-9-18(33-16)23(27,28)29)35-21(36-20)32-15-10-11-30-17(12-15)14-6-3-2-4-7-14/h2-12H,1H3,(H,30,32,34,35,36). The number of rotatable bonds is 5. The first kappa shape index (κ1) is 24.7. The van der Waals surface area contributed by atoms with Gasteiger partial charge in [0.25, 0.3) is 5.95 Å². The van der Waals surface area contributed by atoms with E-state index in [0.29, 0.717) is 18.3 Å². The van der Waals surface area contributed by atoms with Crippen molar-refractivity contribution < 1.29 is 26.3 Å². The van der Waals surface area contributed by atoms with Gasteiger partial charge >= 0.3 is 12.4 Å². The molecule has 4 aromatic rings. The first-order valence-electron chi connectivity index (χ1n) is 10.2. The Labute approximate surface area is 200 Å². The average Bonchev–Trinajstić information content (AvgIpc) is 2.83. The molecule has 0 aliphatic heterocycles. The van der Waals surface area contributed by atoms with Crippen LogP contribution in [0.4, 0.5) is 43.9 Å². The summed E-state index contributed by atoms with van der Waals surface area (Å²) in [6.45, 7) is 0.716. The summed E-state index contributed by atoms with van der Waals surface area (Å²) in [7, 11) is 0. The Morgan fingerprint density at radius 1 is 0.806 bits per heavy atom. The zero-order valence-electron chi connectivity index (χ0n) is 18.3. The number of halogens is 6. The van der Waals surface area contributed by atoms with Crippen molar-refractivity contribution in [3.05, 3.63) is 72.6 Å². The van der Waals surface area contributed by atoms with Crippen LogP contribution < -0.4 is 5.32 Å². The van der Waals surface area contributed by atoms with Crippen LogP contribution >= 0.6 is 0 Å². The summed E-state index contributed by atoms with van der Waals surface area (Å²) in [4.78, 5) is 22.9. The molecular weight excluding hydrogens is 488 g/mol. The lowest BCUT2D eigenvalue weighted by atomic mass is 10.1. The van der Waals surface area contributed by atoms with Crippen LogP contribution in [0.5, 0.6) is 0 Å². The van der Waals surface area contributed by atoms with Gasteiger partial charge in [0.1, 0.15) is 17.1 Å². The lowest BCUT2D eigenvalue weighted by Crippen LogP contribution is -2.19. The quantitative estimate of drug-likeness (QED) is 0.250. The van der Waals surface area contributed by atoms with Gasteiger partial charge in [-0.1, -0.05) is 36.4 Å². The minimum atomic E-state index is -4.76. The predicted molar refractivity (Wildman–Crippen MR) is 120 cm³/mol. The molecule has 4 rings (SSSR count). The zero-order chi connectivity index (χ0) is 25.9. The van der Waals surface area contributed by atoms with E-state index < -0.39 is 35.5 Å². The molecule has 7 nitrogen and oxygen atoms in total. The van der Waals surface area contributed by atoms with Crippen molar-refractivity contribution in [2.24, 2.45) is 4.99 Å². The highest BCUT2D eigenvalue weighted by Gasteiger charge is 2.33. The second kappa shape index (κ2) is 9.68. The number of anilines is 2. The van der Waals surface area contributed by atoms with Gasteiger partial charge in [-0.2, -0.15) is 41.3 Å². The average molecular weight is 503 g/mol. The Balaban J connectivity index is 1.77. The Hall–Kier alpha value is -4.42. The third-order valence-corrected chi connectivity index (χ3v) is 4.66. The lowest BCUT2D eigenvalue weighted by molar-refractivity contribution is -0.141. The van der Waals surface area contributed by atoms with Gasteiger partial charge in [-0.3, -0.25) is 4.98 Å². The molecule has 0 aliphatic carbocycles. The summed E-state index contributed by atoms with van der Waals surface area (Å²) in [5.41, 5.74) is -0.986. The molecule has 0 bridgehead atoms. The maximum Gasteiger partial charge on any atom is 0.433 e. The first-order chi connectivity index (χ1) is 17.0. The Bertz CT molecular complexity index is 1400. The molecule has 3 heterocycles. The number of hydrogen-bond donors (Lipinski definition) is 1. The number of aliphatic imine (C=N–C) groups is 1. The van der Waals surface area contributed by atoms with Crippen LogP contribution in [0.3, 0.4) is 0 Å². The van der Waals surface area contributed by atoms with E-state index in [4.69, 9.17) is 0 Å². The van der Waals surface area contributed by atoms with E-state index in [0.717, 1.165) is 17.7 Å². The van der Waals surface area contributed by atoms with Crippen molar-refractivity contribution in [3.8, 4) is 22.8 Å². The Kier molecular flexibility index (Phi) is 6.64. The predicted octanol–water partition coefficient (Wildman–Crippen LogP) is 6.41. The summed E-state index contributed by atoms with van der Waals surface area (Å²) >= 11 is 0. The van der Waals surface area contributed by atoms with Gasteiger partial charge in [-0.15, -0.1) is 0 Å². The fraction of sp³-hybridized carbons (Fsp3) is 0.130. The van der Waals surface area contributed by atoms with Gasteiger partial charge in [0, 0.05) is 17.4 Å². The van der Waals surface area contributed by atoms with Crippen LogP contribution in [0.25, 0.3) is 22.8 Å². The molecular formula is C23H15F6N7. The van der Waals surface area contributed by atoms with Crippen molar-refractivity contribution in [3.63, 3.8) is 0 Å². The van der Waals surface area contributed by atoms with Gasteiger partial charge < -0.3 is 5.32 Å². The largest absolute Gasteiger partial charge is 0.433 e. The van der Waals surface area contributed by atoms with Gasteiger partial charge in [-0.05, 0) is 31.2 Å². The van der Waals surface area contributed by atoms with E-state index in [1.54, 1.807) is 12.1 Å². The maximum atomic E-state index is 13.1. The van der Waals surface area contributed by atoms with E-state index in [9.17, 15) is 26.3 Å². The molecule has 3 aromatic heterocycles. The fourth-order valence-corrected chi connectivity index (χ4v) is 2.92. The fourth-order valence-electron chi connectivity index (χ4n) is 2.92. The second-order valence-electron chi connectivity index (χ2n) is 7.30. The van der Waals surface area contributed by atoms with E-state index in [1.807, 2.05) is 30.3 Å². The molecule has 0 radical (unpaired) electrons. The van der Waals surface area contributed by atoms with Gasteiger partial charge in [-0.25, -0.2) is 9.98 Å². The first-order valence-corrected chi connectivity index (χ1v) is 10.2. The maximum absolute atomic E-state index is 13.1. The molecule has 1 aromatic carbocycles. The summed E-state index contributed by atoms with van der Waals surface area (Å²) in [6, 6.07) is 15.4. The summed E-state index contributed by atoms with van der Waals surface area (Å²) < 4.78 is 78.5. The molecule has 0 fully saturated rings. The molecule has 36 heavy (non-hydrogen) atoms. The van der Waals surface area contributed by atoms with Crippen molar-refractivity contribution in [2.45, 2.75) is 19.3 Å². The number of pyridine rings is 2. The summed E-state index contributed by atoms with van der Waals surface area (Å²) in [5.74, 6) is -1.31. The SMILES string of the molecule is CC(=Nc1nc(Nc2ccnc(-c3ccccc3)c2)nc(-c2cccc(C(F)(F)F)n2)n1)C(F)(F)F. The third kappa shape index (κ3) is 5.98. The van der Waals surface area contributed by atoms with E-state index in [-0.39, 0.29) is 11.6 Å². The van der Waals surface area contributed by atoms with Crippen LogP contribution in [-0.4, -0.2) is 36.8 Å². The lowest BCUT2D eigenvalue weighted by Gasteiger charge is -2.11. The normalized spacial score (nSPS) is 12.5. The molecule has 0 unspecified atom stereocenters. The number of nitrogens with one attached hydrogen (secondary N) is 1. The van der Waals surface area contributed by atoms with Crippen LogP contribution in [0.1, 0.15) is 12.6 Å². The van der Waals surface area contributed by atoms with Crippen molar-refractivity contribution >= 4 is 23.3 Å². The number of nitrogens with zero attached hydrogens (tertiary/aromatic N) is 6. The number of hydrogen-bond acceptors (Lipinski definition) is 7. The smallest absolute Gasteiger partial charge is 0.324 e. The highest BCUT2D eigenvalue weighted by atomic mass is 19.4. The third-order valence-electron chi connectivity index (χ3n) is 4.66. The highest BCUT2D eigenvalue weighted by molar-refractivity contribution is 5.89. The monoisotopic (exact) mass is 503 g/mol. The molecule has 0 spiro atoms. The van der Waals surface area contributed by atoms with Crippen molar-refractivity contribution in [2.75, 3.05) is 5.32 Å². The van der Waals surface area contributed by atoms with Gasteiger partial charge in [0.2, 0.25) is 5.95 Å².